The fourth-order valence-corrected chi connectivity index (χ4v) is 6.82. The van der Waals surface area contributed by atoms with E-state index in [1.807, 2.05) is 0 Å². The van der Waals surface area contributed by atoms with Crippen molar-refractivity contribution in [2.24, 2.45) is 0 Å². The van der Waals surface area contributed by atoms with Crippen molar-refractivity contribution in [1.29, 1.82) is 0 Å². The molecule has 0 aromatic rings. The molecule has 2 N–H and O–H groups in total. The van der Waals surface area contributed by atoms with E-state index in [0.29, 0.717) is 158 Å². The van der Waals surface area contributed by atoms with Crippen molar-refractivity contribution >= 4 is 36.8 Å². The number of hydrogen-bond donors (Lipinski definition) is 2. The predicted molar refractivity (Wildman–Crippen MR) is 273 cm³/mol. The molecule has 0 aliphatic carbocycles. The van der Waals surface area contributed by atoms with Crippen LogP contribution >= 0.6 is 7.60 Å². The van der Waals surface area contributed by atoms with Crippen molar-refractivity contribution < 1.29 is 104 Å². The summed E-state index contributed by atoms with van der Waals surface area (Å²) in [5.74, 6) is -1.44. The molecule has 0 fully saturated rings. The molecule has 0 saturated heterocycles. The van der Waals surface area contributed by atoms with E-state index in [1.165, 1.54) is 0 Å². The Balaban J connectivity index is 4.47. The van der Waals surface area contributed by atoms with Crippen LogP contribution in [-0.4, -0.2) is 240 Å². The topological polar surface area (TPSA) is 288 Å². The Labute approximate surface area is 445 Å². The average Bonchev–Trinajstić information content (AvgIpc) is 3.38. The average molecular weight is 1110 g/mol. The maximum atomic E-state index is 13.3. The van der Waals surface area contributed by atoms with E-state index in [9.17, 15) is 33.4 Å². The lowest BCUT2D eigenvalue weighted by atomic mass is 9.99. The van der Waals surface area contributed by atoms with Gasteiger partial charge in [0.1, 0.15) is 13.4 Å². The van der Waals surface area contributed by atoms with Gasteiger partial charge in [-0.2, -0.15) is 0 Å². The molecule has 0 aromatic heterocycles. The molecule has 0 aliphatic rings. The van der Waals surface area contributed by atoms with Crippen molar-refractivity contribution in [3.63, 3.8) is 0 Å². The van der Waals surface area contributed by atoms with Gasteiger partial charge in [0.25, 0.3) is 0 Å². The largest absolute Gasteiger partial charge is 0.778 e. The number of carbonyl (C=O) groups excluding carboxylic acids is 5. The molecule has 3 atom stereocenters. The minimum absolute atomic E-state index is 0.000221. The van der Waals surface area contributed by atoms with Gasteiger partial charge in [-0.25, -0.2) is 0 Å². The van der Waals surface area contributed by atoms with E-state index in [-0.39, 0.29) is 102 Å². The molecule has 0 rings (SSSR count). The van der Waals surface area contributed by atoms with Gasteiger partial charge in [-0.15, -0.1) is 0 Å². The summed E-state index contributed by atoms with van der Waals surface area (Å²) in [5.41, 5.74) is -0.566. The van der Waals surface area contributed by atoms with Gasteiger partial charge in [-0.1, -0.05) is 13.8 Å². The molecule has 0 heterocycles. The van der Waals surface area contributed by atoms with Gasteiger partial charge in [-0.05, 0) is 32.1 Å². The van der Waals surface area contributed by atoms with Crippen molar-refractivity contribution in [3.8, 4) is 0 Å². The summed E-state index contributed by atoms with van der Waals surface area (Å²) in [6.07, 6.45) is 1.93. The van der Waals surface area contributed by atoms with Crippen LogP contribution in [0.3, 0.4) is 0 Å². The van der Waals surface area contributed by atoms with Gasteiger partial charge >= 0.3 is 0 Å². The third-order valence-corrected chi connectivity index (χ3v) is 12.3. The number of carbonyl (C=O) groups is 5. The van der Waals surface area contributed by atoms with Crippen molar-refractivity contribution in [2.45, 2.75) is 102 Å². The number of ether oxygens (including phenoxy) is 14. The van der Waals surface area contributed by atoms with E-state index in [1.54, 1.807) is 35.2 Å². The van der Waals surface area contributed by atoms with Crippen LogP contribution in [0.5, 0.6) is 0 Å². The van der Waals surface area contributed by atoms with Crippen LogP contribution in [0.15, 0.2) is 0 Å². The van der Waals surface area contributed by atoms with Gasteiger partial charge < -0.3 is 90.9 Å². The Morgan fingerprint density at radius 1 is 0.373 bits per heavy atom. The summed E-state index contributed by atoms with van der Waals surface area (Å²) in [6.45, 7) is 12.0. The minimum Gasteiger partial charge on any atom is -0.778 e. The second-order valence-corrected chi connectivity index (χ2v) is 19.4. The highest BCUT2D eigenvalue weighted by molar-refractivity contribution is 7.52. The van der Waals surface area contributed by atoms with Gasteiger partial charge in [0.15, 0.2) is 11.6 Å². The van der Waals surface area contributed by atoms with Crippen LogP contribution in [0.25, 0.3) is 0 Å². The van der Waals surface area contributed by atoms with E-state index in [4.69, 9.17) is 70.8 Å². The Morgan fingerprint density at radius 2 is 0.667 bits per heavy atom. The Kier molecular flexibility index (Phi) is 51.8. The molecule has 442 valence electrons. The van der Waals surface area contributed by atoms with E-state index >= 15 is 0 Å². The molecule has 0 bridgehead atoms. The lowest BCUT2D eigenvalue weighted by molar-refractivity contribution is -0.201. The summed E-state index contributed by atoms with van der Waals surface area (Å²) in [7, 11) is 0.884. The van der Waals surface area contributed by atoms with Crippen LogP contribution in [0, 0.1) is 0 Å². The molecule has 24 nitrogen and oxygen atoms in total. The lowest BCUT2D eigenvalue weighted by Crippen LogP contribution is -2.44. The molecule has 3 unspecified atom stereocenters. The summed E-state index contributed by atoms with van der Waals surface area (Å²) >= 11 is 0. The zero-order valence-electron chi connectivity index (χ0n) is 45.8. The third-order valence-electron chi connectivity index (χ3n) is 10.5. The second-order valence-electron chi connectivity index (χ2n) is 17.0. The van der Waals surface area contributed by atoms with Gasteiger partial charge in [0, 0.05) is 85.3 Å². The van der Waals surface area contributed by atoms with Gasteiger partial charge in [0.05, 0.1) is 164 Å². The van der Waals surface area contributed by atoms with Gasteiger partial charge in [-0.3, -0.25) is 24.0 Å². The molecule has 0 aromatic carbocycles. The third kappa shape index (κ3) is 48.4. The summed E-state index contributed by atoms with van der Waals surface area (Å²) < 4.78 is 91.5. The standard InChI is InChI=1S/C50H95N2O22P/c1-43(2)75(58,59)74-42-41-73-40-39-72-38-37-71-36-35-70-34-33-69-32-31-68-30-29-67-28-27-66-20-16-50(57)52-46(48(55)11-8-19-65-26-23-62-5)14-15-49(56)51-45(47(54)10-7-18-64-25-22-61-4)13-12-44(53)9-6-17-63-24-21-60-3/h43,45-46H,6-42H2,1-5H3,(H,51,56)(H,52,57)(H,58,59)/p-1. The zero-order valence-corrected chi connectivity index (χ0v) is 46.7. The first kappa shape index (κ1) is 72.5. The number of Topliss-reactive ketones (excluding diaryl/α,β-unsaturated/α-hetero) is 3. The predicted octanol–water partition coefficient (Wildman–Crippen LogP) is 2.05. The first-order valence-corrected chi connectivity index (χ1v) is 27.9. The number of ketones is 3. The number of hydrogen-bond acceptors (Lipinski definition) is 22. The van der Waals surface area contributed by atoms with Crippen molar-refractivity contribution in [3.05, 3.63) is 0 Å². The summed E-state index contributed by atoms with van der Waals surface area (Å²) in [4.78, 5) is 77.2. The van der Waals surface area contributed by atoms with E-state index < -0.39 is 37.2 Å². The van der Waals surface area contributed by atoms with Crippen molar-refractivity contribution in [2.75, 3.05) is 193 Å². The molecule has 0 spiro atoms. The summed E-state index contributed by atoms with van der Waals surface area (Å²) in [6, 6.07) is -1.87. The smallest absolute Gasteiger partial charge is 0.222 e. The molecular formula is C50H94N2O22P-. The van der Waals surface area contributed by atoms with Crippen LogP contribution < -0.4 is 15.5 Å². The molecule has 2 amide bonds. The van der Waals surface area contributed by atoms with Gasteiger partial charge in [0.2, 0.25) is 11.8 Å². The number of nitrogens with one attached hydrogen (secondary N) is 2. The highest BCUT2D eigenvalue weighted by Gasteiger charge is 2.25. The fourth-order valence-electron chi connectivity index (χ4n) is 6.19. The molecule has 0 radical (unpaired) electrons. The van der Waals surface area contributed by atoms with E-state index in [2.05, 4.69) is 10.6 Å². The highest BCUT2D eigenvalue weighted by atomic mass is 31.2. The SMILES string of the molecule is COCCOCCCC(=O)CCC(NC(=O)CCC(NC(=O)CCOCCOCCOCCOCCOCCOCCOCCOCCOP(=O)([O-])C(C)C)C(=O)CCCOCCOC)C(=O)CCCOCCOC. The Morgan fingerprint density at radius 3 is 1.03 bits per heavy atom. The Bertz CT molecular complexity index is 1430. The molecule has 0 aliphatic heterocycles. The van der Waals surface area contributed by atoms with Crippen LogP contribution in [0.1, 0.15) is 84.5 Å². The van der Waals surface area contributed by atoms with Crippen LogP contribution in [-0.2, 0) is 99.4 Å². The Hall–Kier alpha value is -2.46. The lowest BCUT2D eigenvalue weighted by Gasteiger charge is -2.26. The maximum absolute atomic E-state index is 13.3. The van der Waals surface area contributed by atoms with Crippen LogP contribution in [0.2, 0.25) is 0 Å². The zero-order chi connectivity index (χ0) is 55.3. The molecule has 25 heteroatoms. The molecule has 0 saturated carbocycles. The summed E-state index contributed by atoms with van der Waals surface area (Å²) in [5, 5.41) is 5.54. The second kappa shape index (κ2) is 53.5. The van der Waals surface area contributed by atoms with E-state index in [0.717, 1.165) is 0 Å². The number of methoxy groups -OCH3 is 3. The number of amides is 2. The highest BCUT2D eigenvalue weighted by Crippen LogP contribution is 2.42. The molecule has 75 heavy (non-hydrogen) atoms. The fraction of sp³-hybridized carbons (Fsp3) is 0.900. The monoisotopic (exact) mass is 1110 g/mol. The van der Waals surface area contributed by atoms with Crippen molar-refractivity contribution in [1.82, 2.24) is 10.6 Å². The minimum atomic E-state index is -3.82. The number of rotatable bonds is 60. The van der Waals surface area contributed by atoms with Crippen LogP contribution in [0.4, 0.5) is 0 Å². The quantitative estimate of drug-likeness (QED) is 0.0651. The first-order valence-electron chi connectivity index (χ1n) is 26.3. The maximum Gasteiger partial charge on any atom is 0.222 e. The first-order chi connectivity index (χ1) is 36.4. The molecular weight excluding hydrogens is 1010 g/mol. The normalized spacial score (nSPS) is 13.2.